The van der Waals surface area contributed by atoms with E-state index < -0.39 is 10.0 Å². The quantitative estimate of drug-likeness (QED) is 0.839. The lowest BCUT2D eigenvalue weighted by atomic mass is 9.88. The first-order valence-electron chi connectivity index (χ1n) is 7.21. The van der Waals surface area contributed by atoms with Gasteiger partial charge in [0.2, 0.25) is 0 Å². The lowest BCUT2D eigenvalue weighted by Crippen LogP contribution is -2.42. The maximum atomic E-state index is 12.5. The van der Waals surface area contributed by atoms with Crippen LogP contribution < -0.4 is 10.0 Å². The monoisotopic (exact) mass is 329 g/mol. The summed E-state index contributed by atoms with van der Waals surface area (Å²) in [6.07, 6.45) is 9.30. The van der Waals surface area contributed by atoms with E-state index in [1.807, 2.05) is 0 Å². The second-order valence-corrected chi connectivity index (χ2v) is 8.33. The van der Waals surface area contributed by atoms with Gasteiger partial charge in [-0.1, -0.05) is 19.3 Å². The van der Waals surface area contributed by atoms with Crippen molar-refractivity contribution in [1.82, 2.24) is 9.71 Å². The molecule has 0 atom stereocenters. The molecule has 1 aliphatic rings. The molecule has 1 aliphatic carbocycles. The van der Waals surface area contributed by atoms with Crippen LogP contribution in [0.1, 0.15) is 32.1 Å². The van der Waals surface area contributed by atoms with Gasteiger partial charge in [-0.25, -0.2) is 18.1 Å². The van der Waals surface area contributed by atoms with Crippen LogP contribution in [0.15, 0.2) is 23.4 Å². The van der Waals surface area contributed by atoms with Crippen molar-refractivity contribution >= 4 is 27.5 Å². The van der Waals surface area contributed by atoms with Gasteiger partial charge >= 0.3 is 0 Å². The van der Waals surface area contributed by atoms with E-state index in [1.165, 1.54) is 25.5 Å². The summed E-state index contributed by atoms with van der Waals surface area (Å²) in [4.78, 5) is 4.01. The molecule has 1 aromatic rings. The van der Waals surface area contributed by atoms with Crippen LogP contribution in [0, 0.1) is 0 Å². The summed E-state index contributed by atoms with van der Waals surface area (Å²) in [5.74, 6) is 0. The molecule has 0 saturated heterocycles. The summed E-state index contributed by atoms with van der Waals surface area (Å²) < 4.78 is 27.8. The first kappa shape index (κ1) is 16.6. The number of thioether (sulfide) groups is 1. The van der Waals surface area contributed by atoms with Gasteiger partial charge in [-0.2, -0.15) is 11.8 Å². The van der Waals surface area contributed by atoms with Gasteiger partial charge < -0.3 is 5.32 Å². The van der Waals surface area contributed by atoms with Gasteiger partial charge in [0, 0.05) is 24.5 Å². The van der Waals surface area contributed by atoms with Crippen LogP contribution in [0.2, 0.25) is 0 Å². The van der Waals surface area contributed by atoms with Crippen LogP contribution in [0.5, 0.6) is 0 Å². The van der Waals surface area contributed by atoms with Gasteiger partial charge in [-0.15, -0.1) is 0 Å². The molecule has 21 heavy (non-hydrogen) atoms. The molecular formula is C14H23N3O2S2. The molecule has 0 aliphatic heterocycles. The number of nitrogens with zero attached hydrogens (tertiary/aromatic N) is 1. The summed E-state index contributed by atoms with van der Waals surface area (Å²) in [6.45, 7) is 0.468. The number of pyridine rings is 1. The fourth-order valence-electron chi connectivity index (χ4n) is 2.74. The molecule has 0 aromatic carbocycles. The van der Waals surface area contributed by atoms with Crippen molar-refractivity contribution in [2.45, 2.75) is 41.9 Å². The largest absolute Gasteiger partial charge is 0.386 e. The van der Waals surface area contributed by atoms with Crippen LogP contribution in [-0.4, -0.2) is 38.0 Å². The minimum absolute atomic E-state index is 0.0277. The molecule has 1 aromatic heterocycles. The average molecular weight is 329 g/mol. The third-order valence-electron chi connectivity index (χ3n) is 4.08. The fourth-order valence-corrected chi connectivity index (χ4v) is 5.01. The smallest absolute Gasteiger partial charge is 0.260 e. The van der Waals surface area contributed by atoms with Crippen LogP contribution in [-0.2, 0) is 10.0 Å². The Morgan fingerprint density at radius 3 is 2.67 bits per heavy atom. The number of aromatic nitrogens is 1. The molecule has 118 valence electrons. The Bertz CT molecular complexity index is 569. The van der Waals surface area contributed by atoms with Crippen molar-refractivity contribution < 1.29 is 8.42 Å². The zero-order valence-corrected chi connectivity index (χ0v) is 14.2. The van der Waals surface area contributed by atoms with E-state index in [9.17, 15) is 8.42 Å². The van der Waals surface area contributed by atoms with E-state index in [1.54, 1.807) is 30.9 Å². The Labute approximate surface area is 131 Å². The van der Waals surface area contributed by atoms with Gasteiger partial charge in [0.15, 0.2) is 5.03 Å². The zero-order valence-electron chi connectivity index (χ0n) is 12.6. The number of hydrogen-bond acceptors (Lipinski definition) is 5. The van der Waals surface area contributed by atoms with Crippen LogP contribution in [0.4, 0.5) is 5.69 Å². The summed E-state index contributed by atoms with van der Waals surface area (Å²) in [6, 6.07) is 3.43. The van der Waals surface area contributed by atoms with Crippen LogP contribution in [0.3, 0.4) is 0 Å². The van der Waals surface area contributed by atoms with Gasteiger partial charge in [0.25, 0.3) is 10.0 Å². The third kappa shape index (κ3) is 3.90. The normalized spacial score (nSPS) is 18.4. The Morgan fingerprint density at radius 1 is 1.33 bits per heavy atom. The minimum atomic E-state index is -3.59. The lowest BCUT2D eigenvalue weighted by Gasteiger charge is -2.35. The van der Waals surface area contributed by atoms with E-state index in [2.05, 4.69) is 21.3 Å². The number of nitrogens with one attached hydrogen (secondary N) is 2. The number of hydrogen-bond donors (Lipinski definition) is 2. The van der Waals surface area contributed by atoms with Crippen LogP contribution in [0.25, 0.3) is 0 Å². The molecule has 0 spiro atoms. The first-order valence-corrected chi connectivity index (χ1v) is 9.91. The van der Waals surface area contributed by atoms with Crippen molar-refractivity contribution in [2.75, 3.05) is 25.2 Å². The molecule has 1 heterocycles. The number of sulfonamides is 1. The Hall–Kier alpha value is -0.790. The highest BCUT2D eigenvalue weighted by Crippen LogP contribution is 2.38. The van der Waals surface area contributed by atoms with E-state index in [0.717, 1.165) is 12.8 Å². The summed E-state index contributed by atoms with van der Waals surface area (Å²) >= 11 is 1.78. The lowest BCUT2D eigenvalue weighted by molar-refractivity contribution is 0.394. The highest BCUT2D eigenvalue weighted by Gasteiger charge is 2.33. The summed E-state index contributed by atoms with van der Waals surface area (Å²) in [5.41, 5.74) is 0.520. The molecule has 0 amide bonds. The van der Waals surface area contributed by atoms with Crippen LogP contribution >= 0.6 is 11.8 Å². The average Bonchev–Trinajstić information content (AvgIpc) is 2.54. The van der Waals surface area contributed by atoms with E-state index in [0.29, 0.717) is 12.2 Å². The molecule has 1 saturated carbocycles. The number of rotatable bonds is 6. The summed E-state index contributed by atoms with van der Waals surface area (Å²) in [7, 11) is -1.89. The van der Waals surface area contributed by atoms with E-state index in [4.69, 9.17) is 0 Å². The highest BCUT2D eigenvalue weighted by molar-refractivity contribution is 8.00. The van der Waals surface area contributed by atoms with Crippen molar-refractivity contribution in [3.05, 3.63) is 18.3 Å². The minimum Gasteiger partial charge on any atom is -0.386 e. The van der Waals surface area contributed by atoms with E-state index in [-0.39, 0.29) is 9.77 Å². The molecule has 1 fully saturated rings. The molecule has 7 heteroatoms. The van der Waals surface area contributed by atoms with Gasteiger partial charge in [-0.05, 0) is 31.2 Å². The topological polar surface area (TPSA) is 71.1 Å². The van der Waals surface area contributed by atoms with Gasteiger partial charge in [-0.3, -0.25) is 0 Å². The number of anilines is 1. The maximum Gasteiger partial charge on any atom is 0.260 e. The third-order valence-corrected chi connectivity index (χ3v) is 6.85. The Morgan fingerprint density at radius 2 is 2.05 bits per heavy atom. The first-order chi connectivity index (χ1) is 10.0. The Kier molecular flexibility index (Phi) is 5.51. The fraction of sp³-hybridized carbons (Fsp3) is 0.643. The van der Waals surface area contributed by atoms with Crippen molar-refractivity contribution in [1.29, 1.82) is 0 Å². The maximum absolute atomic E-state index is 12.5. The standard InChI is InChI=1S/C14H23N3O2S2/c1-15-12-7-6-10-16-13(12)21(18,19)17-11-14(20-2)8-4-3-5-9-14/h6-7,10,15,17H,3-5,8-9,11H2,1-2H3. The molecule has 0 radical (unpaired) electrons. The second-order valence-electron chi connectivity index (χ2n) is 5.38. The predicted molar refractivity (Wildman–Crippen MR) is 88.3 cm³/mol. The molecular weight excluding hydrogens is 306 g/mol. The highest BCUT2D eigenvalue weighted by atomic mass is 32.2. The van der Waals surface area contributed by atoms with Gasteiger partial charge in [0.05, 0.1) is 5.69 Å². The predicted octanol–water partition coefficient (Wildman–Crippen LogP) is 2.47. The van der Waals surface area contributed by atoms with Crippen molar-refractivity contribution in [2.24, 2.45) is 0 Å². The summed E-state index contributed by atoms with van der Waals surface area (Å²) in [5, 5.41) is 2.95. The zero-order chi connectivity index (χ0) is 15.3. The van der Waals surface area contributed by atoms with Crippen molar-refractivity contribution in [3.63, 3.8) is 0 Å². The van der Waals surface area contributed by atoms with E-state index >= 15 is 0 Å². The molecule has 0 unspecified atom stereocenters. The van der Waals surface area contributed by atoms with Gasteiger partial charge in [0.1, 0.15) is 0 Å². The molecule has 2 N–H and O–H groups in total. The molecule has 2 rings (SSSR count). The van der Waals surface area contributed by atoms with Crippen molar-refractivity contribution in [3.8, 4) is 0 Å². The molecule has 5 nitrogen and oxygen atoms in total. The Balaban J connectivity index is 2.14. The second kappa shape index (κ2) is 6.98. The SMILES string of the molecule is CNc1cccnc1S(=O)(=O)NCC1(SC)CCCCC1. The molecule has 0 bridgehead atoms.